The zero-order valence-electron chi connectivity index (χ0n) is 27.8. The minimum absolute atomic E-state index is 1.13. The van der Waals surface area contributed by atoms with E-state index in [1.165, 1.54) is 87.4 Å². The van der Waals surface area contributed by atoms with Crippen LogP contribution in [0.25, 0.3) is 76.1 Å². The molecule has 0 spiro atoms. The van der Waals surface area contributed by atoms with Crippen molar-refractivity contribution in [3.63, 3.8) is 0 Å². The minimum atomic E-state index is 1.13. The van der Waals surface area contributed by atoms with Crippen molar-refractivity contribution in [2.75, 3.05) is 4.90 Å². The summed E-state index contributed by atoms with van der Waals surface area (Å²) in [5.41, 5.74) is 9.73. The Hall–Kier alpha value is -6.44. The van der Waals surface area contributed by atoms with Gasteiger partial charge < -0.3 is 4.90 Å². The highest BCUT2D eigenvalue weighted by Gasteiger charge is 2.22. The van der Waals surface area contributed by atoms with Crippen molar-refractivity contribution in [1.29, 1.82) is 0 Å². The molecule has 10 rings (SSSR count). The van der Waals surface area contributed by atoms with Gasteiger partial charge in [-0.15, -0.1) is 0 Å². The van der Waals surface area contributed by atoms with Gasteiger partial charge in [0.15, 0.2) is 0 Å². The van der Waals surface area contributed by atoms with Crippen LogP contribution < -0.4 is 4.90 Å². The van der Waals surface area contributed by atoms with E-state index in [4.69, 9.17) is 0 Å². The van der Waals surface area contributed by atoms with Gasteiger partial charge in [-0.3, -0.25) is 0 Å². The Kier molecular flexibility index (Phi) is 6.47. The van der Waals surface area contributed by atoms with E-state index in [1.54, 1.807) is 0 Å². The lowest BCUT2D eigenvalue weighted by molar-refractivity contribution is 1.31. The summed E-state index contributed by atoms with van der Waals surface area (Å²) >= 11 is 0. The monoisotopic (exact) mass is 635 g/mol. The fraction of sp³-hybridized carbons (Fsp3) is 0.0204. The number of para-hydroxylation sites is 2. The fourth-order valence-corrected chi connectivity index (χ4v) is 8.28. The number of anilines is 3. The maximum atomic E-state index is 2.41. The van der Waals surface area contributed by atoms with Crippen LogP contribution in [0.1, 0.15) is 5.56 Å². The van der Waals surface area contributed by atoms with E-state index in [0.717, 1.165) is 11.4 Å². The summed E-state index contributed by atoms with van der Waals surface area (Å²) in [6.07, 6.45) is 0. The normalized spacial score (nSPS) is 11.7. The third-order valence-corrected chi connectivity index (χ3v) is 10.4. The average molecular weight is 636 g/mol. The van der Waals surface area contributed by atoms with Gasteiger partial charge in [-0.2, -0.15) is 0 Å². The van der Waals surface area contributed by atoms with Crippen LogP contribution in [-0.4, -0.2) is 0 Å². The summed E-state index contributed by atoms with van der Waals surface area (Å²) in [6.45, 7) is 2.20. The smallest absolute Gasteiger partial charge is 0.0618 e. The second-order valence-corrected chi connectivity index (χ2v) is 13.4. The SMILES string of the molecule is Cc1cc2ccc3cccc4c(-c5ccc(-c6c7ccccc7c(N(c7ccccc7)c7ccccc7)c7ccccc67)cc5)cc(c1)c2c34. The van der Waals surface area contributed by atoms with Crippen molar-refractivity contribution in [3.8, 4) is 22.3 Å². The van der Waals surface area contributed by atoms with Crippen molar-refractivity contribution in [1.82, 2.24) is 0 Å². The van der Waals surface area contributed by atoms with E-state index >= 15 is 0 Å². The van der Waals surface area contributed by atoms with Gasteiger partial charge >= 0.3 is 0 Å². The first kappa shape index (κ1) is 28.6. The molecule has 0 bridgehead atoms. The molecule has 0 radical (unpaired) electrons. The van der Waals surface area contributed by atoms with Crippen molar-refractivity contribution in [2.45, 2.75) is 6.92 Å². The Morgan fingerprint density at radius 1 is 0.360 bits per heavy atom. The summed E-state index contributed by atoms with van der Waals surface area (Å²) in [7, 11) is 0. The van der Waals surface area contributed by atoms with Crippen LogP contribution in [0.4, 0.5) is 17.1 Å². The molecular weight excluding hydrogens is 603 g/mol. The average Bonchev–Trinajstić information content (AvgIpc) is 3.17. The molecule has 0 heterocycles. The van der Waals surface area contributed by atoms with Crippen LogP contribution in [0.3, 0.4) is 0 Å². The van der Waals surface area contributed by atoms with Gasteiger partial charge in [0.05, 0.1) is 5.69 Å². The molecule has 0 N–H and O–H groups in total. The second kappa shape index (κ2) is 11.3. The molecule has 0 aliphatic heterocycles. The number of nitrogens with zero attached hydrogens (tertiary/aromatic N) is 1. The predicted molar refractivity (Wildman–Crippen MR) is 215 cm³/mol. The molecule has 0 aliphatic carbocycles. The molecule has 10 aromatic rings. The van der Waals surface area contributed by atoms with Gasteiger partial charge in [0, 0.05) is 22.1 Å². The standard InChI is InChI=1S/C49H33N/c1-32-29-36-28-27-34-13-12-22-42-45(31-37(30-32)46(36)48(34)42)33-23-25-35(26-24-33)47-40-18-8-10-20-43(40)49(44-21-11-9-19-41(44)47)50(38-14-4-2-5-15-38)39-16-6-3-7-17-39/h2-31H,1H3. The Morgan fingerprint density at radius 3 is 1.52 bits per heavy atom. The molecule has 0 amide bonds. The molecule has 0 unspecified atom stereocenters. The molecule has 0 saturated carbocycles. The summed E-state index contributed by atoms with van der Waals surface area (Å²) in [5.74, 6) is 0. The van der Waals surface area contributed by atoms with Crippen LogP contribution in [0.2, 0.25) is 0 Å². The Morgan fingerprint density at radius 2 is 0.880 bits per heavy atom. The molecular formula is C49H33N. The van der Waals surface area contributed by atoms with Gasteiger partial charge in [-0.05, 0) is 108 Å². The zero-order chi connectivity index (χ0) is 33.2. The Bertz CT molecular complexity index is 2760. The molecule has 0 saturated heterocycles. The number of benzene rings is 10. The summed E-state index contributed by atoms with van der Waals surface area (Å²) < 4.78 is 0. The van der Waals surface area contributed by atoms with Gasteiger partial charge in [0.2, 0.25) is 0 Å². The van der Waals surface area contributed by atoms with Crippen LogP contribution in [0, 0.1) is 6.92 Å². The third kappa shape index (κ3) is 4.41. The van der Waals surface area contributed by atoms with E-state index in [9.17, 15) is 0 Å². The summed E-state index contributed by atoms with van der Waals surface area (Å²) in [5, 5.41) is 12.9. The van der Waals surface area contributed by atoms with Gasteiger partial charge in [0.25, 0.3) is 0 Å². The highest BCUT2D eigenvalue weighted by Crippen LogP contribution is 2.48. The first-order chi connectivity index (χ1) is 24.7. The second-order valence-electron chi connectivity index (χ2n) is 13.4. The van der Waals surface area contributed by atoms with E-state index in [-0.39, 0.29) is 0 Å². The number of hydrogen-bond donors (Lipinski definition) is 0. The van der Waals surface area contributed by atoms with Crippen LogP contribution >= 0.6 is 0 Å². The first-order valence-electron chi connectivity index (χ1n) is 17.4. The number of fused-ring (bicyclic) bond motifs is 2. The highest BCUT2D eigenvalue weighted by atomic mass is 15.1. The van der Waals surface area contributed by atoms with Crippen molar-refractivity contribution >= 4 is 70.9 Å². The van der Waals surface area contributed by atoms with E-state index in [2.05, 4.69) is 194 Å². The van der Waals surface area contributed by atoms with Crippen LogP contribution in [0.15, 0.2) is 182 Å². The van der Waals surface area contributed by atoms with Crippen molar-refractivity contribution in [2.24, 2.45) is 0 Å². The number of aryl methyl sites for hydroxylation is 1. The van der Waals surface area contributed by atoms with Gasteiger partial charge in [0.1, 0.15) is 0 Å². The minimum Gasteiger partial charge on any atom is -0.309 e. The van der Waals surface area contributed by atoms with Crippen molar-refractivity contribution in [3.05, 3.63) is 188 Å². The van der Waals surface area contributed by atoms with E-state index in [1.807, 2.05) is 0 Å². The quantitative estimate of drug-likeness (QED) is 0.134. The lowest BCUT2D eigenvalue weighted by Crippen LogP contribution is -2.11. The molecule has 0 aromatic heterocycles. The zero-order valence-corrected chi connectivity index (χ0v) is 27.8. The maximum Gasteiger partial charge on any atom is 0.0618 e. The topological polar surface area (TPSA) is 3.24 Å². The first-order valence-corrected chi connectivity index (χ1v) is 17.4. The number of hydrogen-bond acceptors (Lipinski definition) is 1. The Balaban J connectivity index is 1.20. The predicted octanol–water partition coefficient (Wildman–Crippen LogP) is 14.0. The van der Waals surface area contributed by atoms with Crippen LogP contribution in [0.5, 0.6) is 0 Å². The Labute approximate surface area is 291 Å². The largest absolute Gasteiger partial charge is 0.309 e. The van der Waals surface area contributed by atoms with Crippen LogP contribution in [-0.2, 0) is 0 Å². The van der Waals surface area contributed by atoms with Gasteiger partial charge in [-0.1, -0.05) is 152 Å². The third-order valence-electron chi connectivity index (χ3n) is 10.4. The molecule has 0 fully saturated rings. The fourth-order valence-electron chi connectivity index (χ4n) is 8.28. The highest BCUT2D eigenvalue weighted by molar-refractivity contribution is 6.27. The maximum absolute atomic E-state index is 2.41. The number of rotatable bonds is 5. The van der Waals surface area contributed by atoms with Crippen molar-refractivity contribution < 1.29 is 0 Å². The summed E-state index contributed by atoms with van der Waals surface area (Å²) in [6, 6.07) is 66.8. The molecule has 1 heteroatoms. The molecule has 1 nitrogen and oxygen atoms in total. The molecule has 0 aliphatic rings. The van der Waals surface area contributed by atoms with E-state index in [0.29, 0.717) is 0 Å². The summed E-state index contributed by atoms with van der Waals surface area (Å²) in [4.78, 5) is 2.41. The molecule has 10 aromatic carbocycles. The molecule has 50 heavy (non-hydrogen) atoms. The molecule has 0 atom stereocenters. The van der Waals surface area contributed by atoms with Gasteiger partial charge in [-0.25, -0.2) is 0 Å². The lowest BCUT2D eigenvalue weighted by atomic mass is 9.87. The lowest BCUT2D eigenvalue weighted by Gasteiger charge is -2.29. The molecule has 234 valence electrons. The van der Waals surface area contributed by atoms with E-state index < -0.39 is 0 Å².